The number of carbonyl (C=O) groups excluding carboxylic acids is 1. The lowest BCUT2D eigenvalue weighted by Crippen LogP contribution is -2.23. The van der Waals surface area contributed by atoms with Gasteiger partial charge in [-0.2, -0.15) is 0 Å². The van der Waals surface area contributed by atoms with E-state index in [2.05, 4.69) is 4.84 Å². The van der Waals surface area contributed by atoms with Gasteiger partial charge in [0.1, 0.15) is 11.9 Å². The molecule has 1 rings (SSSR count). The lowest BCUT2D eigenvalue weighted by atomic mass is 10.1. The first-order valence-electron chi connectivity index (χ1n) is 3.80. The summed E-state index contributed by atoms with van der Waals surface area (Å²) in [5, 5.41) is 0. The van der Waals surface area contributed by atoms with Crippen molar-refractivity contribution in [1.29, 1.82) is 0 Å². The van der Waals surface area contributed by atoms with Crippen LogP contribution in [0.4, 0.5) is 4.39 Å². The summed E-state index contributed by atoms with van der Waals surface area (Å²) in [6.45, 7) is 1.53. The Morgan fingerprint density at radius 3 is 2.46 bits per heavy atom. The fourth-order valence-electron chi connectivity index (χ4n) is 0.911. The summed E-state index contributed by atoms with van der Waals surface area (Å²) >= 11 is 0. The average molecular weight is 183 g/mol. The molecule has 0 saturated heterocycles. The largest absolute Gasteiger partial charge is 0.293 e. The molecule has 0 bridgehead atoms. The topological polar surface area (TPSA) is 52.3 Å². The standard InChI is InChI=1S/C9H10FNO2/c1-6(13-11)9(12)7-2-4-8(10)5-3-7/h2-6H,11H2,1H3. The molecule has 1 aromatic rings. The summed E-state index contributed by atoms with van der Waals surface area (Å²) in [5.74, 6) is 4.21. The second-order valence-electron chi connectivity index (χ2n) is 2.65. The van der Waals surface area contributed by atoms with Crippen molar-refractivity contribution < 1.29 is 14.0 Å². The van der Waals surface area contributed by atoms with E-state index >= 15 is 0 Å². The van der Waals surface area contributed by atoms with Gasteiger partial charge in [0.15, 0.2) is 5.78 Å². The molecule has 0 aromatic heterocycles. The molecule has 2 N–H and O–H groups in total. The zero-order valence-corrected chi connectivity index (χ0v) is 7.16. The van der Waals surface area contributed by atoms with E-state index in [-0.39, 0.29) is 11.6 Å². The molecular weight excluding hydrogens is 173 g/mol. The van der Waals surface area contributed by atoms with Crippen molar-refractivity contribution in [2.75, 3.05) is 0 Å². The van der Waals surface area contributed by atoms with Crippen molar-refractivity contribution in [1.82, 2.24) is 0 Å². The second-order valence-corrected chi connectivity index (χ2v) is 2.65. The van der Waals surface area contributed by atoms with E-state index in [1.807, 2.05) is 0 Å². The molecule has 1 unspecified atom stereocenters. The first kappa shape index (κ1) is 9.83. The van der Waals surface area contributed by atoms with Gasteiger partial charge in [0.25, 0.3) is 0 Å². The summed E-state index contributed by atoms with van der Waals surface area (Å²) in [6, 6.07) is 5.23. The molecule has 0 aliphatic rings. The van der Waals surface area contributed by atoms with Gasteiger partial charge in [0.2, 0.25) is 0 Å². The molecule has 0 fully saturated rings. The van der Waals surface area contributed by atoms with E-state index in [0.29, 0.717) is 5.56 Å². The Morgan fingerprint density at radius 1 is 1.46 bits per heavy atom. The van der Waals surface area contributed by atoms with Crippen molar-refractivity contribution in [3.63, 3.8) is 0 Å². The highest BCUT2D eigenvalue weighted by Crippen LogP contribution is 2.06. The number of rotatable bonds is 3. The van der Waals surface area contributed by atoms with E-state index in [9.17, 15) is 9.18 Å². The molecule has 0 radical (unpaired) electrons. The van der Waals surface area contributed by atoms with Crippen LogP contribution in [0.3, 0.4) is 0 Å². The first-order chi connectivity index (χ1) is 6.15. The zero-order chi connectivity index (χ0) is 9.84. The Labute approximate surface area is 75.3 Å². The quantitative estimate of drug-likeness (QED) is 0.567. The van der Waals surface area contributed by atoms with Crippen molar-refractivity contribution in [3.8, 4) is 0 Å². The normalized spacial score (nSPS) is 12.5. The van der Waals surface area contributed by atoms with Crippen LogP contribution in [0.2, 0.25) is 0 Å². The van der Waals surface area contributed by atoms with E-state index in [1.165, 1.54) is 31.2 Å². The third-order valence-corrected chi connectivity index (χ3v) is 1.70. The Hall–Kier alpha value is -1.26. The molecule has 1 atom stereocenters. The molecular formula is C9H10FNO2. The smallest absolute Gasteiger partial charge is 0.193 e. The Balaban J connectivity index is 2.83. The van der Waals surface area contributed by atoms with Crippen LogP contribution in [0.5, 0.6) is 0 Å². The molecule has 0 aliphatic heterocycles. The van der Waals surface area contributed by atoms with E-state index < -0.39 is 6.10 Å². The van der Waals surface area contributed by atoms with E-state index in [0.717, 1.165) is 0 Å². The molecule has 70 valence electrons. The van der Waals surface area contributed by atoms with Crippen LogP contribution in [0.25, 0.3) is 0 Å². The minimum atomic E-state index is -0.703. The van der Waals surface area contributed by atoms with Crippen LogP contribution in [0, 0.1) is 5.82 Å². The van der Waals surface area contributed by atoms with Gasteiger partial charge in [-0.1, -0.05) is 0 Å². The van der Waals surface area contributed by atoms with Crippen molar-refractivity contribution in [3.05, 3.63) is 35.6 Å². The summed E-state index contributed by atoms with van der Waals surface area (Å²) in [6.07, 6.45) is -0.703. The highest BCUT2D eigenvalue weighted by atomic mass is 19.1. The van der Waals surface area contributed by atoms with Gasteiger partial charge >= 0.3 is 0 Å². The fourth-order valence-corrected chi connectivity index (χ4v) is 0.911. The van der Waals surface area contributed by atoms with Crippen LogP contribution in [-0.4, -0.2) is 11.9 Å². The van der Waals surface area contributed by atoms with Gasteiger partial charge < -0.3 is 0 Å². The van der Waals surface area contributed by atoms with Gasteiger partial charge in [0, 0.05) is 5.56 Å². The molecule has 0 aliphatic carbocycles. The minimum Gasteiger partial charge on any atom is -0.293 e. The van der Waals surface area contributed by atoms with Crippen molar-refractivity contribution in [2.24, 2.45) is 5.90 Å². The van der Waals surface area contributed by atoms with Crippen molar-refractivity contribution in [2.45, 2.75) is 13.0 Å². The number of ketones is 1. The zero-order valence-electron chi connectivity index (χ0n) is 7.16. The number of benzene rings is 1. The Bertz CT molecular complexity index is 297. The lowest BCUT2D eigenvalue weighted by Gasteiger charge is -2.06. The predicted octanol–water partition coefficient (Wildman–Crippen LogP) is 1.29. The lowest BCUT2D eigenvalue weighted by molar-refractivity contribution is 0.0478. The Morgan fingerprint density at radius 2 is 2.00 bits per heavy atom. The Kier molecular flexibility index (Phi) is 3.11. The third kappa shape index (κ3) is 2.34. The molecule has 0 amide bonds. The van der Waals surface area contributed by atoms with Crippen LogP contribution < -0.4 is 5.90 Å². The monoisotopic (exact) mass is 183 g/mol. The molecule has 1 aromatic carbocycles. The molecule has 4 heteroatoms. The first-order valence-corrected chi connectivity index (χ1v) is 3.80. The third-order valence-electron chi connectivity index (χ3n) is 1.70. The number of Topliss-reactive ketones (excluding diaryl/α,β-unsaturated/α-hetero) is 1. The van der Waals surface area contributed by atoms with E-state index in [1.54, 1.807) is 0 Å². The molecule has 13 heavy (non-hydrogen) atoms. The van der Waals surface area contributed by atoms with Gasteiger partial charge in [-0.15, -0.1) is 0 Å². The predicted molar refractivity (Wildman–Crippen MR) is 45.5 cm³/mol. The van der Waals surface area contributed by atoms with E-state index in [4.69, 9.17) is 5.90 Å². The highest BCUT2D eigenvalue weighted by Gasteiger charge is 2.14. The van der Waals surface area contributed by atoms with Gasteiger partial charge in [-0.05, 0) is 31.2 Å². The SMILES string of the molecule is CC(ON)C(=O)c1ccc(F)cc1. The van der Waals surface area contributed by atoms with Crippen LogP contribution >= 0.6 is 0 Å². The van der Waals surface area contributed by atoms with Gasteiger partial charge in [-0.25, -0.2) is 10.3 Å². The number of hydrogen-bond donors (Lipinski definition) is 1. The maximum Gasteiger partial charge on any atom is 0.193 e. The number of hydrogen-bond acceptors (Lipinski definition) is 3. The second kappa shape index (κ2) is 4.11. The average Bonchev–Trinajstić information content (AvgIpc) is 2.17. The summed E-state index contributed by atoms with van der Waals surface area (Å²) < 4.78 is 12.5. The minimum absolute atomic E-state index is 0.262. The number of nitrogens with two attached hydrogens (primary N) is 1. The summed E-state index contributed by atoms with van der Waals surface area (Å²) in [5.41, 5.74) is 0.388. The van der Waals surface area contributed by atoms with Crippen LogP contribution in [-0.2, 0) is 4.84 Å². The maximum absolute atomic E-state index is 12.5. The fraction of sp³-hybridized carbons (Fsp3) is 0.222. The summed E-state index contributed by atoms with van der Waals surface area (Å²) in [4.78, 5) is 15.7. The molecule has 0 saturated carbocycles. The van der Waals surface area contributed by atoms with Crippen LogP contribution in [0.1, 0.15) is 17.3 Å². The van der Waals surface area contributed by atoms with Crippen LogP contribution in [0.15, 0.2) is 24.3 Å². The highest BCUT2D eigenvalue weighted by molar-refractivity contribution is 5.99. The number of halogens is 1. The maximum atomic E-state index is 12.5. The molecule has 3 nitrogen and oxygen atoms in total. The number of carbonyl (C=O) groups is 1. The van der Waals surface area contributed by atoms with Crippen molar-refractivity contribution >= 4 is 5.78 Å². The van der Waals surface area contributed by atoms with Gasteiger partial charge in [-0.3, -0.25) is 9.63 Å². The summed E-state index contributed by atoms with van der Waals surface area (Å²) in [7, 11) is 0. The van der Waals surface area contributed by atoms with Gasteiger partial charge in [0.05, 0.1) is 0 Å². The molecule has 0 heterocycles. The molecule has 0 spiro atoms.